The third-order valence-corrected chi connectivity index (χ3v) is 4.74. The fourth-order valence-electron chi connectivity index (χ4n) is 3.46. The molecule has 0 spiro atoms. The summed E-state index contributed by atoms with van der Waals surface area (Å²) >= 11 is 0. The number of nitrogens with zero attached hydrogens (tertiary/aromatic N) is 1. The summed E-state index contributed by atoms with van der Waals surface area (Å²) in [5.74, 6) is 2.07. The van der Waals surface area contributed by atoms with Crippen molar-refractivity contribution in [2.24, 2.45) is 11.8 Å². The van der Waals surface area contributed by atoms with E-state index in [0.717, 1.165) is 11.8 Å². The fourth-order valence-corrected chi connectivity index (χ4v) is 3.46. The second-order valence-corrected chi connectivity index (χ2v) is 6.55. The molecule has 0 amide bonds. The minimum Gasteiger partial charge on any atom is -0.382 e. The molecule has 2 atom stereocenters. The Morgan fingerprint density at radius 2 is 1.89 bits per heavy atom. The van der Waals surface area contributed by atoms with E-state index in [9.17, 15) is 0 Å². The number of nitrogens with one attached hydrogen (secondary N) is 1. The summed E-state index contributed by atoms with van der Waals surface area (Å²) < 4.78 is 0. The third-order valence-electron chi connectivity index (χ3n) is 4.74. The van der Waals surface area contributed by atoms with Gasteiger partial charge in [0.25, 0.3) is 0 Å². The summed E-state index contributed by atoms with van der Waals surface area (Å²) in [6.07, 6.45) is 8.60. The summed E-state index contributed by atoms with van der Waals surface area (Å²) in [6.45, 7) is 0. The lowest BCUT2D eigenvalue weighted by Gasteiger charge is -2.30. The van der Waals surface area contributed by atoms with Crippen molar-refractivity contribution in [3.05, 3.63) is 24.3 Å². The summed E-state index contributed by atoms with van der Waals surface area (Å²) in [4.78, 5) is 2.17. The van der Waals surface area contributed by atoms with Crippen molar-refractivity contribution < 1.29 is 0 Å². The van der Waals surface area contributed by atoms with Gasteiger partial charge >= 0.3 is 0 Å². The Morgan fingerprint density at radius 1 is 1.05 bits per heavy atom. The monoisotopic (exact) mass is 258 g/mol. The summed E-state index contributed by atoms with van der Waals surface area (Å²) in [5, 5.41) is 3.76. The molecule has 2 heteroatoms. The largest absolute Gasteiger partial charge is 0.382 e. The van der Waals surface area contributed by atoms with Crippen LogP contribution in [0.5, 0.6) is 0 Å². The van der Waals surface area contributed by atoms with Crippen molar-refractivity contribution in [2.45, 2.75) is 44.6 Å². The molecule has 1 N–H and O–H groups in total. The van der Waals surface area contributed by atoms with Crippen molar-refractivity contribution >= 4 is 11.4 Å². The van der Waals surface area contributed by atoms with E-state index in [4.69, 9.17) is 0 Å². The molecule has 104 valence electrons. The molecule has 19 heavy (non-hydrogen) atoms. The van der Waals surface area contributed by atoms with Crippen LogP contribution < -0.4 is 10.2 Å². The number of anilines is 2. The minimum absolute atomic E-state index is 0.691. The molecule has 2 nitrogen and oxygen atoms in total. The molecule has 2 aliphatic rings. The first-order valence-corrected chi connectivity index (χ1v) is 7.76. The van der Waals surface area contributed by atoms with E-state index in [0.29, 0.717) is 6.04 Å². The molecule has 0 bridgehead atoms. The quantitative estimate of drug-likeness (QED) is 0.873. The predicted molar refractivity (Wildman–Crippen MR) is 82.9 cm³/mol. The smallest absolute Gasteiger partial charge is 0.0381 e. The van der Waals surface area contributed by atoms with Crippen molar-refractivity contribution in [3.8, 4) is 0 Å². The summed E-state index contributed by atoms with van der Waals surface area (Å²) in [5.41, 5.74) is 2.56. The lowest BCUT2D eigenvalue weighted by Crippen LogP contribution is -2.28. The molecule has 1 aromatic carbocycles. The number of hydrogen-bond acceptors (Lipinski definition) is 2. The van der Waals surface area contributed by atoms with Gasteiger partial charge in [-0.2, -0.15) is 0 Å². The van der Waals surface area contributed by atoms with Gasteiger partial charge in [0, 0.05) is 31.5 Å². The zero-order valence-electron chi connectivity index (χ0n) is 12.2. The van der Waals surface area contributed by atoms with E-state index >= 15 is 0 Å². The first-order valence-electron chi connectivity index (χ1n) is 7.76. The van der Waals surface area contributed by atoms with Crippen LogP contribution in [0.3, 0.4) is 0 Å². The van der Waals surface area contributed by atoms with Crippen molar-refractivity contribution in [3.63, 3.8) is 0 Å². The minimum atomic E-state index is 0.691. The van der Waals surface area contributed by atoms with Crippen LogP contribution in [0.15, 0.2) is 24.3 Å². The summed E-state index contributed by atoms with van der Waals surface area (Å²) in [6, 6.07) is 9.48. The molecular weight excluding hydrogens is 232 g/mol. The normalized spacial score (nSPS) is 27.1. The molecule has 0 aliphatic heterocycles. The van der Waals surface area contributed by atoms with Crippen LogP contribution in [0, 0.1) is 11.8 Å². The van der Waals surface area contributed by atoms with Gasteiger partial charge in [0.2, 0.25) is 0 Å². The average Bonchev–Trinajstić information content (AvgIpc) is 3.23. The Balaban J connectivity index is 1.62. The molecule has 2 unspecified atom stereocenters. The lowest BCUT2D eigenvalue weighted by atomic mass is 9.82. The highest BCUT2D eigenvalue weighted by molar-refractivity contribution is 5.57. The van der Waals surface area contributed by atoms with Gasteiger partial charge in [-0.3, -0.25) is 0 Å². The second kappa shape index (κ2) is 5.44. The average molecular weight is 258 g/mol. The maximum absolute atomic E-state index is 3.76. The molecule has 2 fully saturated rings. The predicted octanol–water partition coefficient (Wildman–Crippen LogP) is 4.13. The topological polar surface area (TPSA) is 15.3 Å². The molecule has 1 aromatic rings. The maximum atomic E-state index is 3.76. The number of benzene rings is 1. The zero-order chi connectivity index (χ0) is 13.2. The first kappa shape index (κ1) is 12.8. The summed E-state index contributed by atoms with van der Waals surface area (Å²) in [7, 11) is 4.20. The highest BCUT2D eigenvalue weighted by atomic mass is 15.1. The van der Waals surface area contributed by atoms with Gasteiger partial charge in [-0.05, 0) is 55.7 Å². The van der Waals surface area contributed by atoms with Gasteiger partial charge in [0.1, 0.15) is 0 Å². The van der Waals surface area contributed by atoms with E-state index in [-0.39, 0.29) is 0 Å². The fraction of sp³-hybridized carbons (Fsp3) is 0.647. The van der Waals surface area contributed by atoms with Gasteiger partial charge in [-0.15, -0.1) is 0 Å². The van der Waals surface area contributed by atoms with Crippen LogP contribution >= 0.6 is 0 Å². The van der Waals surface area contributed by atoms with Crippen LogP contribution in [-0.2, 0) is 0 Å². The van der Waals surface area contributed by atoms with Crippen LogP contribution in [0.4, 0.5) is 11.4 Å². The molecule has 0 radical (unpaired) electrons. The van der Waals surface area contributed by atoms with Crippen LogP contribution in [-0.4, -0.2) is 20.1 Å². The molecule has 0 saturated heterocycles. The molecule has 2 aliphatic carbocycles. The standard InChI is InChI=1S/C17H26N2/c1-19(2)17-8-4-7-16(12-17)18-15-6-3-5-14(11-15)13-9-10-13/h4,7-8,12-15,18H,3,5-6,9-11H2,1-2H3. The van der Waals surface area contributed by atoms with Crippen LogP contribution in [0.1, 0.15) is 38.5 Å². The van der Waals surface area contributed by atoms with E-state index in [1.54, 1.807) is 0 Å². The Hall–Kier alpha value is -1.18. The lowest BCUT2D eigenvalue weighted by molar-refractivity contribution is 0.303. The van der Waals surface area contributed by atoms with Gasteiger partial charge in [-0.1, -0.05) is 18.9 Å². The van der Waals surface area contributed by atoms with E-state index in [1.165, 1.54) is 49.9 Å². The van der Waals surface area contributed by atoms with Crippen molar-refractivity contribution in [1.82, 2.24) is 0 Å². The Bertz CT molecular complexity index is 423. The zero-order valence-corrected chi connectivity index (χ0v) is 12.2. The Kier molecular flexibility index (Phi) is 3.67. The highest BCUT2D eigenvalue weighted by Gasteiger charge is 2.34. The van der Waals surface area contributed by atoms with Gasteiger partial charge in [0.05, 0.1) is 0 Å². The first-order chi connectivity index (χ1) is 9.22. The number of rotatable bonds is 4. The van der Waals surface area contributed by atoms with Crippen LogP contribution in [0.25, 0.3) is 0 Å². The van der Waals surface area contributed by atoms with E-state index < -0.39 is 0 Å². The van der Waals surface area contributed by atoms with Gasteiger partial charge in [0.15, 0.2) is 0 Å². The van der Waals surface area contributed by atoms with Crippen molar-refractivity contribution in [1.29, 1.82) is 0 Å². The molecule has 0 heterocycles. The Labute approximate surface area is 117 Å². The molecular formula is C17H26N2. The number of hydrogen-bond donors (Lipinski definition) is 1. The van der Waals surface area contributed by atoms with E-state index in [1.807, 2.05) is 0 Å². The van der Waals surface area contributed by atoms with Gasteiger partial charge < -0.3 is 10.2 Å². The van der Waals surface area contributed by atoms with E-state index in [2.05, 4.69) is 48.6 Å². The molecule has 0 aromatic heterocycles. The van der Waals surface area contributed by atoms with Crippen molar-refractivity contribution in [2.75, 3.05) is 24.3 Å². The SMILES string of the molecule is CN(C)c1cccc(NC2CCCC(C3CC3)C2)c1. The highest BCUT2D eigenvalue weighted by Crippen LogP contribution is 2.44. The van der Waals surface area contributed by atoms with Crippen LogP contribution in [0.2, 0.25) is 0 Å². The third kappa shape index (κ3) is 3.23. The molecule has 3 rings (SSSR count). The second-order valence-electron chi connectivity index (χ2n) is 6.55. The Morgan fingerprint density at radius 3 is 2.63 bits per heavy atom. The van der Waals surface area contributed by atoms with Gasteiger partial charge in [-0.25, -0.2) is 0 Å². The maximum Gasteiger partial charge on any atom is 0.0381 e. The molecule has 2 saturated carbocycles.